The molecule has 7 heteroatoms. The number of carboxylic acid groups (broad SMARTS) is 1. The van der Waals surface area contributed by atoms with E-state index >= 15 is 0 Å². The Kier molecular flexibility index (Phi) is 4.55. The molecule has 1 rings (SSSR count). The van der Waals surface area contributed by atoms with Crippen LogP contribution in [0.3, 0.4) is 0 Å². The lowest BCUT2D eigenvalue weighted by Crippen LogP contribution is -2.18. The maximum atomic E-state index is 11.7. The van der Waals surface area contributed by atoms with Gasteiger partial charge in [-0.25, -0.2) is 13.2 Å². The number of benzene rings is 1. The van der Waals surface area contributed by atoms with Gasteiger partial charge in [0.15, 0.2) is 0 Å². The zero-order chi connectivity index (χ0) is 13.8. The van der Waals surface area contributed by atoms with E-state index in [-0.39, 0.29) is 22.8 Å². The molecule has 0 amide bonds. The summed E-state index contributed by atoms with van der Waals surface area (Å²) in [6.07, 6.45) is 1.22. The first-order valence-electron chi connectivity index (χ1n) is 5.42. The van der Waals surface area contributed by atoms with Gasteiger partial charge in [-0.1, -0.05) is 13.3 Å². The van der Waals surface area contributed by atoms with E-state index in [9.17, 15) is 18.3 Å². The number of phenolic OH excluding ortho intramolecular Hbond substituents is 1. The van der Waals surface area contributed by atoms with E-state index < -0.39 is 16.0 Å². The van der Waals surface area contributed by atoms with Crippen molar-refractivity contribution in [1.82, 2.24) is 0 Å². The molecule has 0 radical (unpaired) electrons. The molecule has 100 valence electrons. The zero-order valence-corrected chi connectivity index (χ0v) is 10.7. The number of carbonyl (C=O) groups is 1. The van der Waals surface area contributed by atoms with Crippen LogP contribution in [0.5, 0.6) is 5.75 Å². The number of unbranched alkanes of at least 4 members (excludes halogenated alkanes) is 1. The van der Waals surface area contributed by atoms with Crippen molar-refractivity contribution in [2.45, 2.75) is 19.8 Å². The molecule has 6 nitrogen and oxygen atoms in total. The summed E-state index contributed by atoms with van der Waals surface area (Å²) < 4.78 is 25.5. The fraction of sp³-hybridized carbons (Fsp3) is 0.364. The van der Waals surface area contributed by atoms with Crippen LogP contribution in [-0.2, 0) is 10.0 Å². The third-order valence-electron chi connectivity index (χ3n) is 2.27. The lowest BCUT2D eigenvalue weighted by atomic mass is 10.2. The highest BCUT2D eigenvalue weighted by Gasteiger charge is 2.16. The number of aromatic hydroxyl groups is 1. The van der Waals surface area contributed by atoms with E-state index in [1.165, 1.54) is 12.1 Å². The van der Waals surface area contributed by atoms with E-state index in [4.69, 9.17) is 5.11 Å². The van der Waals surface area contributed by atoms with Gasteiger partial charge in [-0.2, -0.15) is 0 Å². The molecule has 18 heavy (non-hydrogen) atoms. The van der Waals surface area contributed by atoms with Crippen molar-refractivity contribution < 1.29 is 23.4 Å². The molecule has 0 fully saturated rings. The Labute approximate surface area is 105 Å². The molecule has 0 aliphatic heterocycles. The van der Waals surface area contributed by atoms with Crippen LogP contribution in [0.4, 0.5) is 5.69 Å². The fourth-order valence-electron chi connectivity index (χ4n) is 1.35. The number of sulfonamides is 1. The van der Waals surface area contributed by atoms with Crippen molar-refractivity contribution in [3.8, 4) is 5.75 Å². The molecule has 0 bridgehead atoms. The maximum absolute atomic E-state index is 11.7. The highest BCUT2D eigenvalue weighted by Crippen LogP contribution is 2.22. The highest BCUT2D eigenvalue weighted by atomic mass is 32.2. The second kappa shape index (κ2) is 5.72. The molecule has 3 N–H and O–H groups in total. The Hall–Kier alpha value is -1.76. The molecule has 0 spiro atoms. The second-order valence-corrected chi connectivity index (χ2v) is 5.65. The van der Waals surface area contributed by atoms with Crippen molar-refractivity contribution in [2.24, 2.45) is 0 Å². The van der Waals surface area contributed by atoms with Gasteiger partial charge in [-0.3, -0.25) is 4.72 Å². The van der Waals surface area contributed by atoms with Gasteiger partial charge in [0.1, 0.15) is 5.75 Å². The Bertz CT molecular complexity index is 538. The Morgan fingerprint density at radius 2 is 2.06 bits per heavy atom. The summed E-state index contributed by atoms with van der Waals surface area (Å²) in [7, 11) is -3.56. The van der Waals surface area contributed by atoms with E-state index in [2.05, 4.69) is 4.72 Å². The Morgan fingerprint density at radius 1 is 1.39 bits per heavy atom. The van der Waals surface area contributed by atoms with E-state index in [1.807, 2.05) is 6.92 Å². The van der Waals surface area contributed by atoms with Crippen LogP contribution in [0.15, 0.2) is 18.2 Å². The maximum Gasteiger partial charge on any atom is 0.337 e. The summed E-state index contributed by atoms with van der Waals surface area (Å²) in [4.78, 5) is 10.9. The molecule has 0 saturated heterocycles. The number of rotatable bonds is 6. The van der Waals surface area contributed by atoms with Gasteiger partial charge in [0, 0.05) is 0 Å². The number of nitrogens with one attached hydrogen (secondary N) is 1. The van der Waals surface area contributed by atoms with Gasteiger partial charge in [-0.05, 0) is 24.6 Å². The van der Waals surface area contributed by atoms with Crippen molar-refractivity contribution >= 4 is 21.7 Å². The summed E-state index contributed by atoms with van der Waals surface area (Å²) in [5.41, 5.74) is -0.327. The topological polar surface area (TPSA) is 104 Å². The standard InChI is InChI=1S/C11H15NO5S/c1-2-3-6-18(16,17)12-10-5-4-8(13)7-9(10)11(14)15/h4-5,7,12-13H,2-3,6H2,1H3,(H,14,15). The highest BCUT2D eigenvalue weighted by molar-refractivity contribution is 7.92. The first-order chi connectivity index (χ1) is 8.35. The molecule has 0 unspecified atom stereocenters. The third-order valence-corrected chi connectivity index (χ3v) is 3.62. The minimum atomic E-state index is -3.56. The van der Waals surface area contributed by atoms with Crippen LogP contribution in [0.25, 0.3) is 0 Å². The van der Waals surface area contributed by atoms with Gasteiger partial charge in [0.2, 0.25) is 10.0 Å². The molecule has 0 heterocycles. The van der Waals surface area contributed by atoms with Crippen molar-refractivity contribution in [1.29, 1.82) is 0 Å². The average molecular weight is 273 g/mol. The molecule has 0 saturated carbocycles. The Balaban J connectivity index is 3.01. The molecule has 0 aromatic heterocycles. The Morgan fingerprint density at radius 3 is 2.61 bits per heavy atom. The lowest BCUT2D eigenvalue weighted by molar-refractivity contribution is 0.0697. The summed E-state index contributed by atoms with van der Waals surface area (Å²) in [5.74, 6) is -1.60. The van der Waals surface area contributed by atoms with Gasteiger partial charge in [0.25, 0.3) is 0 Å². The minimum absolute atomic E-state index is 0.0450. The molecule has 1 aromatic carbocycles. The van der Waals surface area contributed by atoms with Crippen LogP contribution in [0.2, 0.25) is 0 Å². The summed E-state index contributed by atoms with van der Waals surface area (Å²) in [5, 5.41) is 18.1. The van der Waals surface area contributed by atoms with Crippen LogP contribution in [0.1, 0.15) is 30.1 Å². The summed E-state index contributed by atoms with van der Waals surface area (Å²) in [6, 6.07) is 3.45. The first kappa shape index (κ1) is 14.3. The number of anilines is 1. The monoisotopic (exact) mass is 273 g/mol. The predicted octanol–water partition coefficient (Wildman–Crippen LogP) is 1.63. The third kappa shape index (κ3) is 3.92. The first-order valence-corrected chi connectivity index (χ1v) is 7.07. The SMILES string of the molecule is CCCCS(=O)(=O)Nc1ccc(O)cc1C(=O)O. The number of phenols is 1. The van der Waals surface area contributed by atoms with Crippen LogP contribution >= 0.6 is 0 Å². The summed E-state index contributed by atoms with van der Waals surface area (Å²) in [6.45, 7) is 1.86. The molecule has 1 aromatic rings. The van der Waals surface area contributed by atoms with E-state index in [0.29, 0.717) is 6.42 Å². The van der Waals surface area contributed by atoms with Gasteiger partial charge < -0.3 is 10.2 Å². The number of carboxylic acids is 1. The molecular formula is C11H15NO5S. The number of aromatic carboxylic acids is 1. The lowest BCUT2D eigenvalue weighted by Gasteiger charge is -2.10. The molecular weight excluding hydrogens is 258 g/mol. The quantitative estimate of drug-likeness (QED) is 0.683. The minimum Gasteiger partial charge on any atom is -0.508 e. The molecule has 0 atom stereocenters. The molecule has 0 aliphatic rings. The van der Waals surface area contributed by atoms with Crippen LogP contribution in [-0.4, -0.2) is 30.4 Å². The summed E-state index contributed by atoms with van der Waals surface area (Å²) >= 11 is 0. The van der Waals surface area contributed by atoms with Gasteiger partial charge >= 0.3 is 5.97 Å². The van der Waals surface area contributed by atoms with E-state index in [0.717, 1.165) is 12.5 Å². The number of hydrogen-bond acceptors (Lipinski definition) is 4. The van der Waals surface area contributed by atoms with Crippen LogP contribution in [0, 0.1) is 0 Å². The predicted molar refractivity (Wildman–Crippen MR) is 67.4 cm³/mol. The fourth-order valence-corrected chi connectivity index (χ4v) is 2.63. The van der Waals surface area contributed by atoms with Gasteiger partial charge in [0.05, 0.1) is 17.0 Å². The normalized spacial score (nSPS) is 11.2. The van der Waals surface area contributed by atoms with Crippen molar-refractivity contribution in [3.63, 3.8) is 0 Å². The van der Waals surface area contributed by atoms with Crippen molar-refractivity contribution in [2.75, 3.05) is 10.5 Å². The zero-order valence-electron chi connectivity index (χ0n) is 9.88. The van der Waals surface area contributed by atoms with Gasteiger partial charge in [-0.15, -0.1) is 0 Å². The number of hydrogen-bond donors (Lipinski definition) is 3. The van der Waals surface area contributed by atoms with Crippen molar-refractivity contribution in [3.05, 3.63) is 23.8 Å². The smallest absolute Gasteiger partial charge is 0.337 e. The van der Waals surface area contributed by atoms with E-state index in [1.54, 1.807) is 0 Å². The largest absolute Gasteiger partial charge is 0.508 e. The second-order valence-electron chi connectivity index (χ2n) is 3.81. The van der Waals surface area contributed by atoms with Crippen LogP contribution < -0.4 is 4.72 Å². The average Bonchev–Trinajstić information content (AvgIpc) is 2.28. The molecule has 0 aliphatic carbocycles.